The summed E-state index contributed by atoms with van der Waals surface area (Å²) in [4.78, 5) is 15.9. The van der Waals surface area contributed by atoms with Crippen LogP contribution in [0, 0.1) is 0 Å². The van der Waals surface area contributed by atoms with Gasteiger partial charge in [0.05, 0.1) is 0 Å². The average Bonchev–Trinajstić information content (AvgIpc) is 2.27. The van der Waals surface area contributed by atoms with Crippen molar-refractivity contribution in [3.05, 3.63) is 22.8 Å². The number of hydrogen-bond acceptors (Lipinski definition) is 4. The van der Waals surface area contributed by atoms with Gasteiger partial charge < -0.3 is 10.7 Å². The first-order chi connectivity index (χ1) is 7.88. The number of hydrazine groups is 1. The number of nitrogens with zero attached hydrogens (tertiary/aromatic N) is 1. The Morgan fingerprint density at radius 1 is 1.53 bits per heavy atom. The number of halogens is 1. The zero-order valence-corrected chi connectivity index (χ0v) is 10.9. The molecule has 0 aliphatic carbocycles. The van der Waals surface area contributed by atoms with Crippen molar-refractivity contribution in [1.29, 1.82) is 0 Å². The van der Waals surface area contributed by atoms with Gasteiger partial charge in [0.1, 0.15) is 11.0 Å². The Hall–Kier alpha value is -1.33. The Labute approximate surface area is 106 Å². The number of nitrogens with two attached hydrogens (primary N) is 1. The van der Waals surface area contributed by atoms with E-state index in [0.29, 0.717) is 11.4 Å². The molecule has 0 saturated heterocycles. The van der Waals surface area contributed by atoms with Crippen molar-refractivity contribution >= 4 is 23.3 Å². The maximum Gasteiger partial charge on any atom is 0.251 e. The lowest BCUT2D eigenvalue weighted by molar-refractivity contribution is 0.0911. The third-order valence-corrected chi connectivity index (χ3v) is 2.73. The van der Waals surface area contributed by atoms with Crippen molar-refractivity contribution in [3.63, 3.8) is 0 Å². The molecule has 0 fully saturated rings. The van der Waals surface area contributed by atoms with Gasteiger partial charge in [0, 0.05) is 11.1 Å². The number of hydrogen-bond donors (Lipinski definition) is 3. The lowest BCUT2D eigenvalue weighted by atomic mass is 10.0. The molecule has 0 bridgehead atoms. The molecule has 0 saturated carbocycles. The van der Waals surface area contributed by atoms with Crippen molar-refractivity contribution in [3.8, 4) is 0 Å². The Bertz CT molecular complexity index is 420. The molecule has 0 aliphatic heterocycles. The van der Waals surface area contributed by atoms with Crippen LogP contribution in [0.3, 0.4) is 0 Å². The summed E-state index contributed by atoms with van der Waals surface area (Å²) in [6, 6.07) is 3.05. The van der Waals surface area contributed by atoms with Crippen LogP contribution >= 0.6 is 11.6 Å². The topological polar surface area (TPSA) is 80.0 Å². The molecular formula is C11H17ClN4O. The molecule has 1 rings (SSSR count). The summed E-state index contributed by atoms with van der Waals surface area (Å²) in [7, 11) is 0. The van der Waals surface area contributed by atoms with E-state index in [2.05, 4.69) is 15.7 Å². The Morgan fingerprint density at radius 3 is 2.71 bits per heavy atom. The number of amides is 1. The van der Waals surface area contributed by atoms with E-state index in [1.807, 2.05) is 20.8 Å². The van der Waals surface area contributed by atoms with Gasteiger partial charge in [-0.05, 0) is 32.4 Å². The summed E-state index contributed by atoms with van der Waals surface area (Å²) >= 11 is 5.79. The van der Waals surface area contributed by atoms with E-state index in [1.165, 1.54) is 6.07 Å². The van der Waals surface area contributed by atoms with Crippen LogP contribution < -0.4 is 16.6 Å². The molecule has 0 spiro atoms. The summed E-state index contributed by atoms with van der Waals surface area (Å²) in [6.45, 7) is 5.91. The molecule has 0 atom stereocenters. The molecule has 0 aromatic carbocycles. The summed E-state index contributed by atoms with van der Waals surface area (Å²) < 4.78 is 0. The number of aromatic nitrogens is 1. The minimum Gasteiger partial charge on any atom is -0.347 e. The van der Waals surface area contributed by atoms with Gasteiger partial charge in [-0.2, -0.15) is 0 Å². The quantitative estimate of drug-likeness (QED) is 0.437. The third-order valence-electron chi connectivity index (χ3n) is 2.54. The second-order valence-electron chi connectivity index (χ2n) is 4.40. The largest absolute Gasteiger partial charge is 0.347 e. The number of rotatable bonds is 4. The fraction of sp³-hybridized carbons (Fsp3) is 0.455. The predicted molar refractivity (Wildman–Crippen MR) is 68.9 cm³/mol. The molecule has 94 valence electrons. The van der Waals surface area contributed by atoms with Crippen LogP contribution in [0.5, 0.6) is 0 Å². The van der Waals surface area contributed by atoms with Crippen molar-refractivity contribution < 1.29 is 4.79 Å². The molecule has 4 N–H and O–H groups in total. The summed E-state index contributed by atoms with van der Waals surface area (Å²) in [6.07, 6.45) is 0.833. The van der Waals surface area contributed by atoms with Crippen molar-refractivity contribution in [2.24, 2.45) is 5.84 Å². The summed E-state index contributed by atoms with van der Waals surface area (Å²) in [5.41, 5.74) is 2.53. The molecule has 1 heterocycles. The zero-order chi connectivity index (χ0) is 13.1. The second kappa shape index (κ2) is 5.33. The van der Waals surface area contributed by atoms with Crippen LogP contribution in [0.2, 0.25) is 5.15 Å². The van der Waals surface area contributed by atoms with Gasteiger partial charge in [-0.1, -0.05) is 18.5 Å². The molecule has 0 unspecified atom stereocenters. The fourth-order valence-electron chi connectivity index (χ4n) is 1.17. The van der Waals surface area contributed by atoms with Gasteiger partial charge in [0.15, 0.2) is 0 Å². The molecule has 1 aromatic rings. The highest BCUT2D eigenvalue weighted by molar-refractivity contribution is 6.29. The average molecular weight is 257 g/mol. The maximum atomic E-state index is 12.0. The zero-order valence-electron chi connectivity index (χ0n) is 10.2. The van der Waals surface area contributed by atoms with E-state index >= 15 is 0 Å². The SMILES string of the molecule is CCC(C)(C)NC(=O)c1cc(Cl)nc(NN)c1. The number of pyridine rings is 1. The highest BCUT2D eigenvalue weighted by Gasteiger charge is 2.19. The lowest BCUT2D eigenvalue weighted by Crippen LogP contribution is -2.42. The Morgan fingerprint density at radius 2 is 2.18 bits per heavy atom. The van der Waals surface area contributed by atoms with Crippen LogP contribution in [0.15, 0.2) is 12.1 Å². The second-order valence-corrected chi connectivity index (χ2v) is 4.79. The van der Waals surface area contributed by atoms with Gasteiger partial charge in [-0.15, -0.1) is 0 Å². The molecule has 0 aliphatic rings. The first-order valence-corrected chi connectivity index (χ1v) is 5.72. The van der Waals surface area contributed by atoms with Crippen molar-refractivity contribution in [2.75, 3.05) is 5.43 Å². The minimum atomic E-state index is -0.261. The van der Waals surface area contributed by atoms with Crippen LogP contribution in [-0.2, 0) is 0 Å². The van der Waals surface area contributed by atoms with E-state index < -0.39 is 0 Å². The van der Waals surface area contributed by atoms with Crippen molar-refractivity contribution in [2.45, 2.75) is 32.7 Å². The highest BCUT2D eigenvalue weighted by Crippen LogP contribution is 2.15. The van der Waals surface area contributed by atoms with E-state index in [4.69, 9.17) is 17.4 Å². The van der Waals surface area contributed by atoms with E-state index in [0.717, 1.165) is 6.42 Å². The smallest absolute Gasteiger partial charge is 0.251 e. The molecular weight excluding hydrogens is 240 g/mol. The third kappa shape index (κ3) is 3.87. The number of nitrogen functional groups attached to an aromatic ring is 1. The van der Waals surface area contributed by atoms with Crippen molar-refractivity contribution in [1.82, 2.24) is 10.3 Å². The standard InChI is InChI=1S/C11H17ClN4O/c1-4-11(2,3)15-10(17)7-5-8(12)14-9(6-7)16-13/h5-6H,4,13H2,1-3H3,(H,14,16)(H,15,17). The molecule has 0 radical (unpaired) electrons. The van der Waals surface area contributed by atoms with Crippen LogP contribution in [0.1, 0.15) is 37.6 Å². The van der Waals surface area contributed by atoms with E-state index in [1.54, 1.807) is 6.07 Å². The fourth-order valence-corrected chi connectivity index (χ4v) is 1.38. The highest BCUT2D eigenvalue weighted by atomic mass is 35.5. The normalized spacial score (nSPS) is 11.1. The lowest BCUT2D eigenvalue weighted by Gasteiger charge is -2.24. The van der Waals surface area contributed by atoms with E-state index in [9.17, 15) is 4.79 Å². The first kappa shape index (κ1) is 13.7. The molecule has 1 aromatic heterocycles. The number of nitrogens with one attached hydrogen (secondary N) is 2. The Kier molecular flexibility index (Phi) is 4.31. The van der Waals surface area contributed by atoms with Gasteiger partial charge in [0.25, 0.3) is 5.91 Å². The number of carbonyl (C=O) groups excluding carboxylic acids is 1. The molecule has 1 amide bonds. The number of anilines is 1. The monoisotopic (exact) mass is 256 g/mol. The summed E-state index contributed by atoms with van der Waals surface area (Å²) in [5.74, 6) is 5.40. The minimum absolute atomic E-state index is 0.197. The predicted octanol–water partition coefficient (Wildman–Crippen LogP) is 1.94. The Balaban J connectivity index is 2.93. The number of carbonyl (C=O) groups is 1. The van der Waals surface area contributed by atoms with Gasteiger partial charge in [-0.3, -0.25) is 4.79 Å². The maximum absolute atomic E-state index is 12.0. The van der Waals surface area contributed by atoms with Crippen LogP contribution in [0.25, 0.3) is 0 Å². The first-order valence-electron chi connectivity index (χ1n) is 5.34. The van der Waals surface area contributed by atoms with E-state index in [-0.39, 0.29) is 16.6 Å². The van der Waals surface area contributed by atoms with Gasteiger partial charge >= 0.3 is 0 Å². The van der Waals surface area contributed by atoms with Gasteiger partial charge in [0.2, 0.25) is 0 Å². The van der Waals surface area contributed by atoms with Crippen LogP contribution in [0.4, 0.5) is 5.82 Å². The summed E-state index contributed by atoms with van der Waals surface area (Å²) in [5, 5.41) is 3.13. The molecule has 6 heteroatoms. The molecule has 5 nitrogen and oxygen atoms in total. The van der Waals surface area contributed by atoms with Crippen LogP contribution in [-0.4, -0.2) is 16.4 Å². The molecule has 17 heavy (non-hydrogen) atoms. The van der Waals surface area contributed by atoms with Gasteiger partial charge in [-0.25, -0.2) is 10.8 Å².